The molecule has 0 saturated carbocycles. The van der Waals surface area contributed by atoms with Gasteiger partial charge in [-0.25, -0.2) is 9.97 Å². The van der Waals surface area contributed by atoms with Crippen molar-refractivity contribution in [2.75, 3.05) is 37.5 Å². The van der Waals surface area contributed by atoms with Crippen LogP contribution in [-0.4, -0.2) is 43.2 Å². The van der Waals surface area contributed by atoms with Gasteiger partial charge < -0.3 is 19.7 Å². The maximum Gasteiger partial charge on any atom is 0.227 e. The van der Waals surface area contributed by atoms with Crippen LogP contribution in [-0.2, 0) is 4.79 Å². The summed E-state index contributed by atoms with van der Waals surface area (Å²) in [6.45, 7) is 1.53. The highest BCUT2D eigenvalue weighted by atomic mass is 16.5. The molecule has 1 aromatic heterocycles. The summed E-state index contributed by atoms with van der Waals surface area (Å²) >= 11 is 0. The molecule has 7 heteroatoms. The van der Waals surface area contributed by atoms with Crippen molar-refractivity contribution in [2.45, 2.75) is 12.8 Å². The number of hydrogen-bond acceptors (Lipinski definition) is 6. The third-order valence-corrected chi connectivity index (χ3v) is 5.58. The molecule has 7 nitrogen and oxygen atoms in total. The van der Waals surface area contributed by atoms with Crippen molar-refractivity contribution in [3.8, 4) is 22.8 Å². The first-order valence-corrected chi connectivity index (χ1v) is 10.3. The third kappa shape index (κ3) is 4.77. The molecule has 0 unspecified atom stereocenters. The monoisotopic (exact) mass is 418 g/mol. The first-order valence-electron chi connectivity index (χ1n) is 10.3. The van der Waals surface area contributed by atoms with Crippen LogP contribution in [0.4, 0.5) is 11.5 Å². The SMILES string of the molecule is COc1ccc(NC(=O)C2CCN(c3cc(-c4ccccc4)ncn3)CC2)c(OC)c1. The predicted molar refractivity (Wildman–Crippen MR) is 121 cm³/mol. The lowest BCUT2D eigenvalue weighted by atomic mass is 9.95. The molecule has 3 aromatic rings. The number of carbonyl (C=O) groups excluding carboxylic acids is 1. The molecule has 160 valence electrons. The topological polar surface area (TPSA) is 76.6 Å². The van der Waals surface area contributed by atoms with Crippen molar-refractivity contribution < 1.29 is 14.3 Å². The summed E-state index contributed by atoms with van der Waals surface area (Å²) in [6, 6.07) is 17.4. The van der Waals surface area contributed by atoms with E-state index in [1.54, 1.807) is 38.7 Å². The van der Waals surface area contributed by atoms with Crippen LogP contribution in [0.15, 0.2) is 60.9 Å². The second-order valence-electron chi connectivity index (χ2n) is 7.44. The first kappa shape index (κ1) is 20.7. The van der Waals surface area contributed by atoms with Gasteiger partial charge in [0.25, 0.3) is 0 Å². The number of amides is 1. The minimum Gasteiger partial charge on any atom is -0.497 e. The lowest BCUT2D eigenvalue weighted by molar-refractivity contribution is -0.120. The first-order chi connectivity index (χ1) is 15.2. The van der Waals surface area contributed by atoms with Gasteiger partial charge in [-0.2, -0.15) is 0 Å². The second kappa shape index (κ2) is 9.47. The zero-order valence-electron chi connectivity index (χ0n) is 17.7. The summed E-state index contributed by atoms with van der Waals surface area (Å²) in [7, 11) is 3.18. The van der Waals surface area contributed by atoms with Crippen molar-refractivity contribution >= 4 is 17.4 Å². The van der Waals surface area contributed by atoms with Gasteiger partial charge in [-0.1, -0.05) is 30.3 Å². The fourth-order valence-electron chi connectivity index (χ4n) is 3.79. The standard InChI is InChI=1S/C24H26N4O3/c1-30-19-8-9-20(22(14-19)31-2)27-24(29)18-10-12-28(13-11-18)23-15-21(25-16-26-23)17-6-4-3-5-7-17/h3-9,14-16,18H,10-13H2,1-2H3,(H,27,29). The van der Waals surface area contributed by atoms with E-state index in [4.69, 9.17) is 9.47 Å². The van der Waals surface area contributed by atoms with Crippen LogP contribution in [0.5, 0.6) is 11.5 Å². The summed E-state index contributed by atoms with van der Waals surface area (Å²) in [5.74, 6) is 2.11. The minimum absolute atomic E-state index is 0.00998. The quantitative estimate of drug-likeness (QED) is 0.652. The smallest absolute Gasteiger partial charge is 0.227 e. The van der Waals surface area contributed by atoms with E-state index in [2.05, 4.69) is 20.2 Å². The number of ether oxygens (including phenoxy) is 2. The van der Waals surface area contributed by atoms with E-state index < -0.39 is 0 Å². The molecule has 0 radical (unpaired) electrons. The molecule has 1 N–H and O–H groups in total. The molecule has 1 amide bonds. The molecule has 31 heavy (non-hydrogen) atoms. The number of anilines is 2. The van der Waals surface area contributed by atoms with E-state index in [0.29, 0.717) is 17.2 Å². The molecule has 0 spiro atoms. The number of nitrogens with one attached hydrogen (secondary N) is 1. The maximum absolute atomic E-state index is 12.8. The summed E-state index contributed by atoms with van der Waals surface area (Å²) in [4.78, 5) is 23.9. The summed E-state index contributed by atoms with van der Waals surface area (Å²) < 4.78 is 10.6. The highest BCUT2D eigenvalue weighted by Crippen LogP contribution is 2.31. The van der Waals surface area contributed by atoms with Gasteiger partial charge in [0.2, 0.25) is 5.91 Å². The van der Waals surface area contributed by atoms with E-state index >= 15 is 0 Å². The lowest BCUT2D eigenvalue weighted by Gasteiger charge is -2.32. The summed E-state index contributed by atoms with van der Waals surface area (Å²) in [5, 5.41) is 3.00. The fraction of sp³-hybridized carbons (Fsp3) is 0.292. The summed E-state index contributed by atoms with van der Waals surface area (Å²) in [5.41, 5.74) is 2.62. The van der Waals surface area contributed by atoms with Gasteiger partial charge in [0.05, 0.1) is 25.6 Å². The Kier molecular flexibility index (Phi) is 6.31. The van der Waals surface area contributed by atoms with Crippen LogP contribution >= 0.6 is 0 Å². The Balaban J connectivity index is 1.38. The average molecular weight is 418 g/mol. The molecule has 1 aliphatic heterocycles. The number of piperidine rings is 1. The van der Waals surface area contributed by atoms with E-state index in [0.717, 1.165) is 43.0 Å². The molecule has 2 aromatic carbocycles. The molecular formula is C24H26N4O3. The highest BCUT2D eigenvalue weighted by molar-refractivity contribution is 5.94. The molecular weight excluding hydrogens is 392 g/mol. The zero-order chi connectivity index (χ0) is 21.6. The van der Waals surface area contributed by atoms with Gasteiger partial charge in [-0.15, -0.1) is 0 Å². The van der Waals surface area contributed by atoms with Crippen molar-refractivity contribution in [1.29, 1.82) is 0 Å². The fourth-order valence-corrected chi connectivity index (χ4v) is 3.79. The molecule has 0 aliphatic carbocycles. The van der Waals surface area contributed by atoms with Crippen molar-refractivity contribution in [1.82, 2.24) is 9.97 Å². The molecule has 0 bridgehead atoms. The second-order valence-corrected chi connectivity index (χ2v) is 7.44. The molecule has 4 rings (SSSR count). The van der Waals surface area contributed by atoms with Crippen molar-refractivity contribution in [3.63, 3.8) is 0 Å². The van der Waals surface area contributed by atoms with E-state index in [1.807, 2.05) is 36.4 Å². The number of aromatic nitrogens is 2. The normalized spacial score (nSPS) is 14.2. The van der Waals surface area contributed by atoms with E-state index in [1.165, 1.54) is 0 Å². The minimum atomic E-state index is -0.0570. The number of nitrogens with zero attached hydrogens (tertiary/aromatic N) is 3. The van der Waals surface area contributed by atoms with Crippen LogP contribution in [0.25, 0.3) is 11.3 Å². The largest absolute Gasteiger partial charge is 0.497 e. The lowest BCUT2D eigenvalue weighted by Crippen LogP contribution is -2.38. The Hall–Kier alpha value is -3.61. The highest BCUT2D eigenvalue weighted by Gasteiger charge is 2.26. The number of methoxy groups -OCH3 is 2. The Bertz CT molecular complexity index is 1030. The Morgan fingerprint density at radius 3 is 2.48 bits per heavy atom. The van der Waals surface area contributed by atoms with Crippen LogP contribution < -0.4 is 19.7 Å². The predicted octanol–water partition coefficient (Wildman–Crippen LogP) is 4.02. The van der Waals surface area contributed by atoms with Crippen molar-refractivity contribution in [2.24, 2.45) is 5.92 Å². The van der Waals surface area contributed by atoms with Crippen LogP contribution in [0.1, 0.15) is 12.8 Å². The third-order valence-electron chi connectivity index (χ3n) is 5.58. The number of carbonyl (C=O) groups is 1. The van der Waals surface area contributed by atoms with Crippen molar-refractivity contribution in [3.05, 3.63) is 60.9 Å². The Morgan fingerprint density at radius 2 is 1.77 bits per heavy atom. The number of hydrogen-bond donors (Lipinski definition) is 1. The van der Waals surface area contributed by atoms with E-state index in [9.17, 15) is 4.79 Å². The average Bonchev–Trinajstić information content (AvgIpc) is 2.85. The Morgan fingerprint density at radius 1 is 1.00 bits per heavy atom. The van der Waals surface area contributed by atoms with Crippen LogP contribution in [0.2, 0.25) is 0 Å². The van der Waals surface area contributed by atoms with Gasteiger partial charge >= 0.3 is 0 Å². The molecule has 1 fully saturated rings. The zero-order valence-corrected chi connectivity index (χ0v) is 17.7. The van der Waals surface area contributed by atoms with Gasteiger partial charge in [0.1, 0.15) is 23.6 Å². The van der Waals surface area contributed by atoms with Gasteiger partial charge in [-0.05, 0) is 25.0 Å². The number of benzene rings is 2. The molecule has 2 heterocycles. The summed E-state index contributed by atoms with van der Waals surface area (Å²) in [6.07, 6.45) is 3.12. The van der Waals surface area contributed by atoms with E-state index in [-0.39, 0.29) is 11.8 Å². The number of rotatable bonds is 6. The maximum atomic E-state index is 12.8. The molecule has 1 aliphatic rings. The molecule has 1 saturated heterocycles. The van der Waals surface area contributed by atoms with Crippen LogP contribution in [0, 0.1) is 5.92 Å². The Labute approximate surface area is 182 Å². The van der Waals surface area contributed by atoms with Gasteiger partial charge in [0.15, 0.2) is 0 Å². The van der Waals surface area contributed by atoms with Crippen LogP contribution in [0.3, 0.4) is 0 Å². The van der Waals surface area contributed by atoms with Gasteiger partial charge in [0, 0.05) is 36.7 Å². The molecule has 0 atom stereocenters. The van der Waals surface area contributed by atoms with Gasteiger partial charge in [-0.3, -0.25) is 4.79 Å².